The van der Waals surface area contributed by atoms with Gasteiger partial charge in [0.15, 0.2) is 0 Å². The number of nitrogens with zero attached hydrogens (tertiary/aromatic N) is 2. The zero-order chi connectivity index (χ0) is 9.68. The van der Waals surface area contributed by atoms with Crippen LogP contribution in [0, 0.1) is 0 Å². The van der Waals surface area contributed by atoms with E-state index >= 15 is 0 Å². The molecule has 0 fully saturated rings. The van der Waals surface area contributed by atoms with Gasteiger partial charge in [0.1, 0.15) is 15.7 Å². The fourth-order valence-corrected chi connectivity index (χ4v) is 1.90. The summed E-state index contributed by atoms with van der Waals surface area (Å²) < 4.78 is 0.744. The van der Waals surface area contributed by atoms with Crippen molar-refractivity contribution in [3.8, 4) is 0 Å². The number of nitrogens with one attached hydrogen (secondary N) is 1. The van der Waals surface area contributed by atoms with E-state index in [2.05, 4.69) is 15.3 Å². The zero-order valence-corrected chi connectivity index (χ0v) is 9.15. The van der Waals surface area contributed by atoms with Crippen molar-refractivity contribution in [3.05, 3.63) is 18.6 Å². The van der Waals surface area contributed by atoms with E-state index in [-0.39, 0.29) is 0 Å². The summed E-state index contributed by atoms with van der Waals surface area (Å²) in [5.74, 6) is 0. The summed E-state index contributed by atoms with van der Waals surface area (Å²) in [6.07, 6.45) is 3.22. The molecule has 0 radical (unpaired) electrons. The Labute approximate surface area is 87.4 Å². The normalized spacial score (nSPS) is 10.1. The van der Waals surface area contributed by atoms with Crippen LogP contribution in [0.4, 0.5) is 0 Å². The van der Waals surface area contributed by atoms with E-state index < -0.39 is 0 Å². The molecule has 70 valence electrons. The van der Waals surface area contributed by atoms with Gasteiger partial charge in [-0.3, -0.25) is 0 Å². The SMILES string of the molecule is CC(C)NC(=S)Sc1ccncn1. The molecule has 1 N–H and O–H groups in total. The molecule has 5 heteroatoms. The summed E-state index contributed by atoms with van der Waals surface area (Å²) >= 11 is 6.54. The van der Waals surface area contributed by atoms with E-state index in [1.165, 1.54) is 18.1 Å². The van der Waals surface area contributed by atoms with Crippen molar-refractivity contribution in [1.29, 1.82) is 0 Å². The second-order valence-corrected chi connectivity index (χ2v) is 4.43. The Bertz CT molecular complexity index is 274. The van der Waals surface area contributed by atoms with Crippen molar-refractivity contribution >= 4 is 28.3 Å². The number of thiocarbonyl (C=S) groups is 1. The third-order valence-corrected chi connectivity index (χ3v) is 2.28. The van der Waals surface area contributed by atoms with Crippen LogP contribution in [-0.4, -0.2) is 20.3 Å². The number of aromatic nitrogens is 2. The van der Waals surface area contributed by atoms with Gasteiger partial charge in [-0.25, -0.2) is 9.97 Å². The highest BCUT2D eigenvalue weighted by molar-refractivity contribution is 8.22. The lowest BCUT2D eigenvalue weighted by Gasteiger charge is -2.09. The van der Waals surface area contributed by atoms with Gasteiger partial charge in [0.2, 0.25) is 0 Å². The topological polar surface area (TPSA) is 37.8 Å². The van der Waals surface area contributed by atoms with Crippen molar-refractivity contribution in [2.75, 3.05) is 0 Å². The summed E-state index contributed by atoms with van der Waals surface area (Å²) in [5, 5.41) is 3.99. The summed E-state index contributed by atoms with van der Waals surface area (Å²) in [6.45, 7) is 4.10. The van der Waals surface area contributed by atoms with E-state index in [0.717, 1.165) is 9.35 Å². The molecule has 3 nitrogen and oxygen atoms in total. The Morgan fingerprint density at radius 1 is 1.62 bits per heavy atom. The van der Waals surface area contributed by atoms with Crippen LogP contribution in [0.2, 0.25) is 0 Å². The molecule has 0 saturated heterocycles. The lowest BCUT2D eigenvalue weighted by Crippen LogP contribution is -2.26. The fraction of sp³-hybridized carbons (Fsp3) is 0.375. The maximum Gasteiger partial charge on any atom is 0.140 e. The van der Waals surface area contributed by atoms with Crippen LogP contribution >= 0.6 is 24.0 Å². The van der Waals surface area contributed by atoms with Gasteiger partial charge in [0, 0.05) is 12.2 Å². The predicted molar refractivity (Wildman–Crippen MR) is 58.8 cm³/mol. The van der Waals surface area contributed by atoms with Crippen molar-refractivity contribution in [2.45, 2.75) is 24.9 Å². The molecule has 1 aromatic heterocycles. The summed E-state index contributed by atoms with van der Waals surface area (Å²) in [7, 11) is 0. The van der Waals surface area contributed by atoms with Crippen molar-refractivity contribution in [3.63, 3.8) is 0 Å². The Hall–Kier alpha value is -0.680. The van der Waals surface area contributed by atoms with Gasteiger partial charge in [-0.15, -0.1) is 0 Å². The molecule has 0 saturated carbocycles. The Kier molecular flexibility index (Phi) is 4.11. The van der Waals surface area contributed by atoms with Gasteiger partial charge in [0.25, 0.3) is 0 Å². The summed E-state index contributed by atoms with van der Waals surface area (Å²) in [5.41, 5.74) is 0. The van der Waals surface area contributed by atoms with Crippen LogP contribution in [0.25, 0.3) is 0 Å². The van der Waals surface area contributed by atoms with Gasteiger partial charge >= 0.3 is 0 Å². The van der Waals surface area contributed by atoms with Crippen LogP contribution in [0.1, 0.15) is 13.8 Å². The lowest BCUT2D eigenvalue weighted by atomic mass is 10.4. The predicted octanol–water partition coefficient (Wildman–Crippen LogP) is 1.85. The molecule has 0 spiro atoms. The standard InChI is InChI=1S/C8H11N3S2/c1-6(2)11-8(12)13-7-3-4-9-5-10-7/h3-6H,1-2H3,(H,11,12). The van der Waals surface area contributed by atoms with E-state index in [9.17, 15) is 0 Å². The molecule has 13 heavy (non-hydrogen) atoms. The highest BCUT2D eigenvalue weighted by Gasteiger charge is 2.01. The summed E-state index contributed by atoms with van der Waals surface area (Å²) in [6, 6.07) is 2.20. The second-order valence-electron chi connectivity index (χ2n) is 2.74. The third-order valence-electron chi connectivity index (χ3n) is 1.16. The number of thioether (sulfide) groups is 1. The van der Waals surface area contributed by atoms with Crippen LogP contribution in [0.5, 0.6) is 0 Å². The Morgan fingerprint density at radius 3 is 2.92 bits per heavy atom. The second kappa shape index (κ2) is 5.14. The first-order valence-electron chi connectivity index (χ1n) is 3.93. The van der Waals surface area contributed by atoms with Gasteiger partial charge < -0.3 is 5.32 Å². The first kappa shape index (κ1) is 10.4. The van der Waals surface area contributed by atoms with E-state index in [1.807, 2.05) is 19.9 Å². The van der Waals surface area contributed by atoms with Crippen LogP contribution in [0.3, 0.4) is 0 Å². The minimum Gasteiger partial charge on any atom is -0.368 e. The molecule has 1 heterocycles. The molecule has 0 bridgehead atoms. The molecular formula is C8H11N3S2. The van der Waals surface area contributed by atoms with E-state index in [4.69, 9.17) is 12.2 Å². The zero-order valence-electron chi connectivity index (χ0n) is 7.52. The molecule has 0 aliphatic rings. The van der Waals surface area contributed by atoms with E-state index in [1.54, 1.807) is 6.20 Å². The lowest BCUT2D eigenvalue weighted by molar-refractivity contribution is 0.746. The first-order valence-corrected chi connectivity index (χ1v) is 5.15. The Morgan fingerprint density at radius 2 is 2.38 bits per heavy atom. The van der Waals surface area contributed by atoms with Gasteiger partial charge in [-0.1, -0.05) is 12.2 Å². The first-order chi connectivity index (χ1) is 6.18. The van der Waals surface area contributed by atoms with Crippen LogP contribution in [0.15, 0.2) is 23.6 Å². The molecule has 0 aliphatic heterocycles. The van der Waals surface area contributed by atoms with Crippen molar-refractivity contribution in [1.82, 2.24) is 15.3 Å². The molecule has 0 aliphatic carbocycles. The van der Waals surface area contributed by atoms with Crippen LogP contribution in [-0.2, 0) is 0 Å². The van der Waals surface area contributed by atoms with Crippen molar-refractivity contribution in [2.24, 2.45) is 0 Å². The minimum absolute atomic E-state index is 0.363. The fourth-order valence-electron chi connectivity index (χ4n) is 0.699. The quantitative estimate of drug-likeness (QED) is 0.461. The Balaban J connectivity index is 2.46. The minimum atomic E-state index is 0.363. The average Bonchev–Trinajstić information content (AvgIpc) is 2.04. The molecule has 0 unspecified atom stereocenters. The summed E-state index contributed by atoms with van der Waals surface area (Å²) in [4.78, 5) is 7.88. The molecule has 0 amide bonds. The highest BCUT2D eigenvalue weighted by Crippen LogP contribution is 2.14. The smallest absolute Gasteiger partial charge is 0.140 e. The van der Waals surface area contributed by atoms with E-state index in [0.29, 0.717) is 6.04 Å². The maximum absolute atomic E-state index is 5.10. The number of hydrogen-bond donors (Lipinski definition) is 1. The molecule has 0 aromatic carbocycles. The molecule has 1 rings (SSSR count). The largest absolute Gasteiger partial charge is 0.368 e. The number of rotatable bonds is 2. The monoisotopic (exact) mass is 213 g/mol. The highest BCUT2D eigenvalue weighted by atomic mass is 32.2. The third kappa shape index (κ3) is 4.19. The maximum atomic E-state index is 5.10. The number of hydrogen-bond acceptors (Lipinski definition) is 4. The molecular weight excluding hydrogens is 202 g/mol. The van der Waals surface area contributed by atoms with Gasteiger partial charge in [-0.2, -0.15) is 0 Å². The molecule has 0 atom stereocenters. The van der Waals surface area contributed by atoms with Gasteiger partial charge in [-0.05, 0) is 31.7 Å². The molecule has 1 aromatic rings. The average molecular weight is 213 g/mol. The van der Waals surface area contributed by atoms with Crippen LogP contribution < -0.4 is 5.32 Å². The van der Waals surface area contributed by atoms with Crippen molar-refractivity contribution < 1.29 is 0 Å². The van der Waals surface area contributed by atoms with Gasteiger partial charge in [0.05, 0.1) is 0 Å².